The molecule has 2 aliphatic rings. The molecule has 0 saturated carbocycles. The SMILES string of the molecule is CC(=O)N[C@H]1[C@@H](OC[C@H]2O[C@H](OC[C@H](NC(=O)OC(C)(C)C)C(=O)OC(C)(C)C)[C@H](NC(C)=O)[C@@H](OCc3ccccc3)[C@H]2OCc2ccccc2)O[C@H](CO)[C@H](OCc2ccccc2)[C@@H]1OCc1ccccc1. The summed E-state index contributed by atoms with van der Waals surface area (Å²) in [5, 5.41) is 19.4. The first kappa shape index (κ1) is 57.5. The van der Waals surface area contributed by atoms with Gasteiger partial charge in [-0.25, -0.2) is 9.59 Å². The summed E-state index contributed by atoms with van der Waals surface area (Å²) in [6, 6.07) is 34.3. The largest absolute Gasteiger partial charge is 0.458 e. The quantitative estimate of drug-likeness (QED) is 0.0623. The minimum Gasteiger partial charge on any atom is -0.458 e. The van der Waals surface area contributed by atoms with Crippen molar-refractivity contribution in [3.8, 4) is 0 Å². The zero-order chi connectivity index (χ0) is 53.3. The van der Waals surface area contributed by atoms with Gasteiger partial charge in [0.15, 0.2) is 18.6 Å². The van der Waals surface area contributed by atoms with Crippen LogP contribution in [0.25, 0.3) is 0 Å². The fourth-order valence-corrected chi connectivity index (χ4v) is 8.39. The number of aliphatic hydroxyl groups is 1. The summed E-state index contributed by atoms with van der Waals surface area (Å²) in [7, 11) is 0. The van der Waals surface area contributed by atoms with Gasteiger partial charge in [-0.3, -0.25) is 9.59 Å². The maximum absolute atomic E-state index is 13.7. The van der Waals surface area contributed by atoms with E-state index in [-0.39, 0.29) is 33.0 Å². The molecular formula is C56H73N3O15. The lowest BCUT2D eigenvalue weighted by Gasteiger charge is -2.48. The lowest BCUT2D eigenvalue weighted by molar-refractivity contribution is -0.318. The van der Waals surface area contributed by atoms with Crippen LogP contribution >= 0.6 is 0 Å². The fraction of sp³-hybridized carbons (Fsp3) is 0.500. The van der Waals surface area contributed by atoms with Crippen molar-refractivity contribution < 1.29 is 71.7 Å². The average Bonchev–Trinajstić information content (AvgIpc) is 3.35. The minimum atomic E-state index is -1.41. The number of amides is 3. The highest BCUT2D eigenvalue weighted by Crippen LogP contribution is 2.33. The number of hydrogen-bond donors (Lipinski definition) is 4. The maximum atomic E-state index is 13.7. The molecular weight excluding hydrogens is 955 g/mol. The van der Waals surface area contributed by atoms with Gasteiger partial charge in [-0.05, 0) is 63.8 Å². The Morgan fingerprint density at radius 1 is 0.514 bits per heavy atom. The van der Waals surface area contributed by atoms with Crippen molar-refractivity contribution in [3.05, 3.63) is 144 Å². The molecule has 4 aromatic carbocycles. The van der Waals surface area contributed by atoms with E-state index in [1.165, 1.54) is 13.8 Å². The molecule has 18 nitrogen and oxygen atoms in total. The second kappa shape index (κ2) is 27.7. The summed E-state index contributed by atoms with van der Waals surface area (Å²) >= 11 is 0. The van der Waals surface area contributed by atoms with Crippen molar-refractivity contribution in [2.75, 3.05) is 19.8 Å². The first-order valence-corrected chi connectivity index (χ1v) is 24.9. The number of alkyl carbamates (subject to hydrolysis) is 1. The van der Waals surface area contributed by atoms with Gasteiger partial charge in [-0.1, -0.05) is 121 Å². The van der Waals surface area contributed by atoms with E-state index in [0.29, 0.717) is 0 Å². The first-order chi connectivity index (χ1) is 35.4. The van der Waals surface area contributed by atoms with Gasteiger partial charge in [0.1, 0.15) is 59.9 Å². The number of hydrogen-bond acceptors (Lipinski definition) is 15. The summed E-state index contributed by atoms with van der Waals surface area (Å²) < 4.78 is 64.3. The van der Waals surface area contributed by atoms with E-state index in [9.17, 15) is 24.3 Å². The number of carbonyl (C=O) groups excluding carboxylic acids is 4. The number of rotatable bonds is 23. The second-order valence-electron chi connectivity index (χ2n) is 20.2. The second-order valence-corrected chi connectivity index (χ2v) is 20.2. The molecule has 0 spiro atoms. The molecule has 11 atom stereocenters. The molecule has 2 heterocycles. The lowest BCUT2D eigenvalue weighted by atomic mass is 9.95. The number of carbonyl (C=O) groups is 4. The Hall–Kier alpha value is -5.80. The van der Waals surface area contributed by atoms with Crippen LogP contribution < -0.4 is 16.0 Å². The summed E-state index contributed by atoms with van der Waals surface area (Å²) in [5.41, 5.74) is 1.51. The van der Waals surface area contributed by atoms with E-state index in [0.717, 1.165) is 22.3 Å². The predicted molar refractivity (Wildman–Crippen MR) is 271 cm³/mol. The zero-order valence-corrected chi connectivity index (χ0v) is 43.5. The molecule has 2 aliphatic heterocycles. The Morgan fingerprint density at radius 2 is 0.878 bits per heavy atom. The van der Waals surface area contributed by atoms with E-state index < -0.39 is 116 Å². The van der Waals surface area contributed by atoms with Gasteiger partial charge < -0.3 is 68.4 Å². The Morgan fingerprint density at radius 3 is 1.26 bits per heavy atom. The molecule has 402 valence electrons. The monoisotopic (exact) mass is 1030 g/mol. The van der Waals surface area contributed by atoms with Gasteiger partial charge in [0, 0.05) is 13.8 Å². The number of ether oxygens (including phenoxy) is 10. The Balaban J connectivity index is 1.37. The topological polar surface area (TPSA) is 217 Å². The molecule has 0 aliphatic carbocycles. The van der Waals surface area contributed by atoms with Crippen molar-refractivity contribution in [2.45, 2.75) is 160 Å². The number of nitrogens with one attached hydrogen (secondary N) is 3. The van der Waals surface area contributed by atoms with E-state index >= 15 is 0 Å². The summed E-state index contributed by atoms with van der Waals surface area (Å²) in [6.07, 6.45) is -9.54. The number of esters is 1. The smallest absolute Gasteiger partial charge is 0.408 e. The van der Waals surface area contributed by atoms with Crippen LogP contribution in [0.1, 0.15) is 77.6 Å². The molecule has 18 heteroatoms. The van der Waals surface area contributed by atoms with Crippen molar-refractivity contribution >= 4 is 23.9 Å². The average molecular weight is 1030 g/mol. The van der Waals surface area contributed by atoms with E-state index in [4.69, 9.17) is 47.4 Å². The third-order valence-electron chi connectivity index (χ3n) is 11.6. The van der Waals surface area contributed by atoms with Gasteiger partial charge in [-0.15, -0.1) is 0 Å². The molecule has 0 bridgehead atoms. The van der Waals surface area contributed by atoms with Crippen LogP contribution in [0.3, 0.4) is 0 Å². The number of aliphatic hydroxyl groups excluding tert-OH is 1. The molecule has 0 radical (unpaired) electrons. The van der Waals surface area contributed by atoms with Gasteiger partial charge >= 0.3 is 12.1 Å². The molecule has 3 amide bonds. The highest BCUT2D eigenvalue weighted by molar-refractivity contribution is 5.82. The molecule has 0 aromatic heterocycles. The highest BCUT2D eigenvalue weighted by Gasteiger charge is 2.52. The van der Waals surface area contributed by atoms with Crippen molar-refractivity contribution in [2.24, 2.45) is 0 Å². The Bertz CT molecular complexity index is 2330. The molecule has 0 unspecified atom stereocenters. The Kier molecular flexibility index (Phi) is 21.5. The van der Waals surface area contributed by atoms with Crippen LogP contribution in [0.15, 0.2) is 121 Å². The lowest BCUT2D eigenvalue weighted by Crippen LogP contribution is -2.68. The van der Waals surface area contributed by atoms with Crippen LogP contribution in [0.5, 0.6) is 0 Å². The van der Waals surface area contributed by atoms with Crippen molar-refractivity contribution in [1.82, 2.24) is 16.0 Å². The zero-order valence-electron chi connectivity index (χ0n) is 43.5. The predicted octanol–water partition coefficient (Wildman–Crippen LogP) is 6.05. The maximum Gasteiger partial charge on any atom is 0.408 e. The first-order valence-electron chi connectivity index (χ1n) is 24.9. The van der Waals surface area contributed by atoms with Gasteiger partial charge in [0.05, 0.1) is 46.2 Å². The molecule has 2 saturated heterocycles. The van der Waals surface area contributed by atoms with Gasteiger partial charge in [-0.2, -0.15) is 0 Å². The highest BCUT2D eigenvalue weighted by atomic mass is 16.7. The van der Waals surface area contributed by atoms with Crippen molar-refractivity contribution in [1.29, 1.82) is 0 Å². The molecule has 4 N–H and O–H groups in total. The van der Waals surface area contributed by atoms with Crippen LogP contribution in [0, 0.1) is 0 Å². The summed E-state index contributed by atoms with van der Waals surface area (Å²) in [5.74, 6) is -1.69. The molecule has 2 fully saturated rings. The molecule has 74 heavy (non-hydrogen) atoms. The third kappa shape index (κ3) is 18.2. The number of benzene rings is 4. The van der Waals surface area contributed by atoms with Gasteiger partial charge in [0.25, 0.3) is 0 Å². The molecule has 4 aromatic rings. The standard InChI is InChI=1S/C56H73N3O15/c1-36(61)57-45-49(67-32-40-25-17-11-18-26-40)47(65-30-38-21-13-9-14-22-38)43(29-60)71-53(45)70-35-44-48(66-31-39-23-15-10-16-24-39)50(68-33-41-27-19-12-20-28-41)46(58-37(2)62)52(72-44)69-34-42(51(63)73-55(3,4)5)59-54(64)74-56(6,7)8/h9-28,42-50,52-53,60H,29-35H2,1-8H3,(H,57,61)(H,58,62)(H,59,64)/t42-,43+,44+,45+,46+,47-,48-,49+,50+,52-,53-/m0/s1. The van der Waals surface area contributed by atoms with Crippen LogP contribution in [0.2, 0.25) is 0 Å². The third-order valence-corrected chi connectivity index (χ3v) is 11.6. The molecule has 6 rings (SSSR count). The Labute approximate surface area is 433 Å². The fourth-order valence-electron chi connectivity index (χ4n) is 8.39. The van der Waals surface area contributed by atoms with Crippen molar-refractivity contribution in [3.63, 3.8) is 0 Å². The van der Waals surface area contributed by atoms with E-state index in [1.54, 1.807) is 41.5 Å². The summed E-state index contributed by atoms with van der Waals surface area (Å²) in [6.45, 7) is 11.9. The summed E-state index contributed by atoms with van der Waals surface area (Å²) in [4.78, 5) is 53.2. The van der Waals surface area contributed by atoms with Gasteiger partial charge in [0.2, 0.25) is 11.8 Å². The van der Waals surface area contributed by atoms with Crippen LogP contribution in [0.4, 0.5) is 4.79 Å². The van der Waals surface area contributed by atoms with E-state index in [1.807, 2.05) is 121 Å². The minimum absolute atomic E-state index is 0.0626. The van der Waals surface area contributed by atoms with Crippen LogP contribution in [-0.2, 0) is 88.2 Å². The van der Waals surface area contributed by atoms with E-state index in [2.05, 4.69) is 16.0 Å². The van der Waals surface area contributed by atoms with Crippen LogP contribution in [-0.4, -0.2) is 127 Å². The normalized spacial score (nSPS) is 24.5.